The van der Waals surface area contributed by atoms with Crippen LogP contribution >= 0.6 is 11.8 Å². The highest BCUT2D eigenvalue weighted by atomic mass is 32.2. The van der Waals surface area contributed by atoms with Crippen LogP contribution in [0.3, 0.4) is 0 Å². The maximum Gasteiger partial charge on any atom is 0.408 e. The van der Waals surface area contributed by atoms with Crippen LogP contribution in [0.5, 0.6) is 0 Å². The minimum Gasteiger partial charge on any atom is -0.444 e. The summed E-state index contributed by atoms with van der Waals surface area (Å²) in [5.41, 5.74) is -0.697. The summed E-state index contributed by atoms with van der Waals surface area (Å²) in [5, 5.41) is 2.44. The molecule has 0 fully saturated rings. The third-order valence-corrected chi connectivity index (χ3v) is 4.16. The van der Waals surface area contributed by atoms with Gasteiger partial charge in [0.25, 0.3) is 5.91 Å². The van der Waals surface area contributed by atoms with Crippen molar-refractivity contribution in [2.24, 2.45) is 0 Å². The van der Waals surface area contributed by atoms with Crippen molar-refractivity contribution in [3.05, 3.63) is 0 Å². The molecule has 0 aliphatic heterocycles. The van der Waals surface area contributed by atoms with E-state index in [1.54, 1.807) is 32.5 Å². The van der Waals surface area contributed by atoms with Crippen molar-refractivity contribution in [2.45, 2.75) is 58.6 Å². The SMILES string of the molecule is CCCCSCC[C@H](NC(=O)OC(C)(C)C)C(=O)NS(C)(=O)=O. The van der Waals surface area contributed by atoms with Gasteiger partial charge in [-0.05, 0) is 45.1 Å². The zero-order valence-corrected chi connectivity index (χ0v) is 16.1. The summed E-state index contributed by atoms with van der Waals surface area (Å²) in [7, 11) is -3.68. The van der Waals surface area contributed by atoms with E-state index in [0.29, 0.717) is 12.2 Å². The number of sulfonamides is 1. The fourth-order valence-corrected chi connectivity index (χ4v) is 3.13. The second-order valence-electron chi connectivity index (χ2n) is 6.19. The summed E-state index contributed by atoms with van der Waals surface area (Å²) in [6.07, 6.45) is 2.64. The summed E-state index contributed by atoms with van der Waals surface area (Å²) in [6, 6.07) is -0.950. The van der Waals surface area contributed by atoms with Crippen molar-refractivity contribution in [3.8, 4) is 0 Å². The molecule has 0 aliphatic rings. The molecule has 136 valence electrons. The van der Waals surface area contributed by atoms with Crippen LogP contribution in [0, 0.1) is 0 Å². The van der Waals surface area contributed by atoms with Gasteiger partial charge in [0, 0.05) is 0 Å². The zero-order chi connectivity index (χ0) is 18.1. The number of amides is 2. The van der Waals surface area contributed by atoms with Crippen LogP contribution in [0.1, 0.15) is 47.0 Å². The normalized spacial score (nSPS) is 13.3. The van der Waals surface area contributed by atoms with Crippen LogP contribution in [0.2, 0.25) is 0 Å². The van der Waals surface area contributed by atoms with Crippen molar-refractivity contribution < 1.29 is 22.7 Å². The highest BCUT2D eigenvalue weighted by molar-refractivity contribution is 7.99. The Morgan fingerprint density at radius 1 is 1.22 bits per heavy atom. The number of nitrogens with one attached hydrogen (secondary N) is 2. The average molecular weight is 369 g/mol. The molecule has 0 bridgehead atoms. The lowest BCUT2D eigenvalue weighted by molar-refractivity contribution is -0.121. The first kappa shape index (κ1) is 22.0. The predicted octanol–water partition coefficient (Wildman–Crippen LogP) is 1.88. The Morgan fingerprint density at radius 3 is 2.30 bits per heavy atom. The van der Waals surface area contributed by atoms with Gasteiger partial charge in [0.15, 0.2) is 0 Å². The Kier molecular flexibility index (Phi) is 9.60. The molecule has 7 nitrogen and oxygen atoms in total. The number of hydrogen-bond donors (Lipinski definition) is 2. The van der Waals surface area contributed by atoms with Crippen molar-refractivity contribution in [1.82, 2.24) is 10.0 Å². The molecule has 0 aliphatic carbocycles. The molecular weight excluding hydrogens is 340 g/mol. The summed E-state index contributed by atoms with van der Waals surface area (Å²) in [4.78, 5) is 23.8. The molecule has 9 heteroatoms. The monoisotopic (exact) mass is 368 g/mol. The molecule has 0 aromatic heterocycles. The topological polar surface area (TPSA) is 102 Å². The maximum atomic E-state index is 12.0. The molecule has 0 aromatic rings. The first-order chi connectivity index (χ1) is 10.4. The molecule has 0 radical (unpaired) electrons. The third kappa shape index (κ3) is 13.2. The lowest BCUT2D eigenvalue weighted by Crippen LogP contribution is -2.49. The van der Waals surface area contributed by atoms with E-state index in [1.165, 1.54) is 0 Å². The Labute approximate surface area is 143 Å². The van der Waals surface area contributed by atoms with E-state index in [4.69, 9.17) is 4.74 Å². The van der Waals surface area contributed by atoms with Gasteiger partial charge in [0.2, 0.25) is 10.0 Å². The molecule has 0 aromatic carbocycles. The third-order valence-electron chi connectivity index (χ3n) is 2.49. The molecule has 2 amide bonds. The largest absolute Gasteiger partial charge is 0.444 e. The van der Waals surface area contributed by atoms with E-state index in [0.717, 1.165) is 24.9 Å². The zero-order valence-electron chi connectivity index (χ0n) is 14.5. The van der Waals surface area contributed by atoms with Crippen LogP contribution in [0.25, 0.3) is 0 Å². The van der Waals surface area contributed by atoms with Crippen LogP contribution in [0.15, 0.2) is 0 Å². The highest BCUT2D eigenvalue weighted by Gasteiger charge is 2.25. The van der Waals surface area contributed by atoms with Gasteiger partial charge < -0.3 is 10.1 Å². The molecule has 0 rings (SSSR count). The molecule has 0 saturated carbocycles. The van der Waals surface area contributed by atoms with Crippen LogP contribution in [0.4, 0.5) is 4.79 Å². The highest BCUT2D eigenvalue weighted by Crippen LogP contribution is 2.10. The number of thioether (sulfide) groups is 1. The summed E-state index contributed by atoms with van der Waals surface area (Å²) < 4.78 is 29.4. The molecule has 2 N–H and O–H groups in total. The average Bonchev–Trinajstić information content (AvgIpc) is 2.32. The number of carbonyl (C=O) groups excluding carboxylic acids is 2. The summed E-state index contributed by atoms with van der Waals surface area (Å²) in [6.45, 7) is 7.21. The van der Waals surface area contributed by atoms with Gasteiger partial charge in [-0.25, -0.2) is 13.2 Å². The number of alkyl carbamates (subject to hydrolysis) is 1. The minimum atomic E-state index is -3.68. The lowest BCUT2D eigenvalue weighted by Gasteiger charge is -2.23. The van der Waals surface area contributed by atoms with Gasteiger partial charge in [-0.3, -0.25) is 9.52 Å². The van der Waals surface area contributed by atoms with E-state index >= 15 is 0 Å². The van der Waals surface area contributed by atoms with Crippen molar-refractivity contribution in [1.29, 1.82) is 0 Å². The van der Waals surface area contributed by atoms with E-state index < -0.39 is 33.7 Å². The van der Waals surface area contributed by atoms with Gasteiger partial charge in [0.1, 0.15) is 11.6 Å². The number of hydrogen-bond acceptors (Lipinski definition) is 6. The number of rotatable bonds is 9. The molecular formula is C14H28N2O5S2. The molecule has 23 heavy (non-hydrogen) atoms. The van der Waals surface area contributed by atoms with E-state index in [1.807, 2.05) is 4.72 Å². The Hall–Kier alpha value is -0.960. The fraction of sp³-hybridized carbons (Fsp3) is 0.857. The first-order valence-corrected chi connectivity index (χ1v) is 10.6. The van der Waals surface area contributed by atoms with Crippen molar-refractivity contribution in [3.63, 3.8) is 0 Å². The van der Waals surface area contributed by atoms with Crippen molar-refractivity contribution in [2.75, 3.05) is 17.8 Å². The summed E-state index contributed by atoms with van der Waals surface area (Å²) in [5.74, 6) is 0.843. The van der Waals surface area contributed by atoms with E-state index in [9.17, 15) is 18.0 Å². The van der Waals surface area contributed by atoms with Crippen LogP contribution in [-0.4, -0.2) is 49.8 Å². The van der Waals surface area contributed by atoms with E-state index in [2.05, 4.69) is 12.2 Å². The molecule has 0 spiro atoms. The first-order valence-electron chi connectivity index (χ1n) is 7.53. The van der Waals surface area contributed by atoms with Gasteiger partial charge in [-0.2, -0.15) is 11.8 Å². The van der Waals surface area contributed by atoms with E-state index in [-0.39, 0.29) is 0 Å². The lowest BCUT2D eigenvalue weighted by atomic mass is 10.2. The Bertz CT molecular complexity index is 486. The second kappa shape index (κ2) is 10.0. The molecule has 0 saturated heterocycles. The van der Waals surface area contributed by atoms with Crippen LogP contribution < -0.4 is 10.0 Å². The standard InChI is InChI=1S/C14H28N2O5S2/c1-6-7-9-22-10-8-11(12(17)16-23(5,19)20)15-13(18)21-14(2,3)4/h11H,6-10H2,1-5H3,(H,15,18)(H,16,17)/t11-/m0/s1. The van der Waals surface area contributed by atoms with Crippen molar-refractivity contribution >= 4 is 33.8 Å². The minimum absolute atomic E-state index is 0.328. The number of carbonyl (C=O) groups is 2. The molecule has 0 heterocycles. The Balaban J connectivity index is 4.66. The van der Waals surface area contributed by atoms with Gasteiger partial charge in [0.05, 0.1) is 6.26 Å². The molecule has 1 atom stereocenters. The maximum absolute atomic E-state index is 12.0. The van der Waals surface area contributed by atoms with Gasteiger partial charge >= 0.3 is 6.09 Å². The second-order valence-corrected chi connectivity index (χ2v) is 9.17. The smallest absolute Gasteiger partial charge is 0.408 e. The quantitative estimate of drug-likeness (QED) is 0.603. The Morgan fingerprint density at radius 2 is 1.83 bits per heavy atom. The number of unbranched alkanes of at least 4 members (excludes halogenated alkanes) is 1. The fourth-order valence-electron chi connectivity index (χ4n) is 1.52. The summed E-state index contributed by atoms with van der Waals surface area (Å²) >= 11 is 1.66. The molecule has 0 unspecified atom stereocenters. The van der Waals surface area contributed by atoms with Gasteiger partial charge in [-0.15, -0.1) is 0 Å². The predicted molar refractivity (Wildman–Crippen MR) is 93.0 cm³/mol. The van der Waals surface area contributed by atoms with Crippen LogP contribution in [-0.2, 0) is 19.6 Å². The van der Waals surface area contributed by atoms with Gasteiger partial charge in [-0.1, -0.05) is 13.3 Å². The number of ether oxygens (including phenoxy) is 1.